The number of hydrogen-bond donors (Lipinski definition) is 2. The fraction of sp³-hybridized carbons (Fsp3) is 0.818. The zero-order valence-corrected chi connectivity index (χ0v) is 8.90. The molecular weight excluding hydrogens is 160 g/mol. The Kier molecular flexibility index (Phi) is 4.29. The van der Waals surface area contributed by atoms with Crippen molar-refractivity contribution in [2.75, 3.05) is 13.1 Å². The Balaban J connectivity index is 1.95. The predicted molar refractivity (Wildman–Crippen MR) is 57.6 cm³/mol. The predicted octanol–water partition coefficient (Wildman–Crippen LogP) is 1.89. The van der Waals surface area contributed by atoms with E-state index in [9.17, 15) is 0 Å². The average Bonchev–Trinajstić information content (AvgIpc) is 1.94. The Bertz CT molecular complexity index is 159. The van der Waals surface area contributed by atoms with Gasteiger partial charge in [0.25, 0.3) is 0 Å². The van der Waals surface area contributed by atoms with Crippen LogP contribution in [0, 0.1) is 5.92 Å². The third-order valence-corrected chi connectivity index (χ3v) is 2.63. The summed E-state index contributed by atoms with van der Waals surface area (Å²) in [5.74, 6) is 0.763. The number of nitrogens with one attached hydrogen (secondary N) is 2. The Labute approximate surface area is 81.8 Å². The van der Waals surface area contributed by atoms with Crippen LogP contribution in [-0.2, 0) is 0 Å². The molecule has 1 rings (SSSR count). The standard InChI is InChI=1S/C11H22N2/c1-9(2)12-7-8-13-10(3)11-5-4-6-11/h9,11-13H,3-8H2,1-2H3. The van der Waals surface area contributed by atoms with Gasteiger partial charge in [-0.25, -0.2) is 0 Å². The molecule has 0 aromatic heterocycles. The lowest BCUT2D eigenvalue weighted by Gasteiger charge is -2.28. The van der Waals surface area contributed by atoms with Crippen molar-refractivity contribution < 1.29 is 0 Å². The van der Waals surface area contributed by atoms with Crippen molar-refractivity contribution in [3.05, 3.63) is 12.3 Å². The molecular formula is C11H22N2. The Hall–Kier alpha value is -0.500. The summed E-state index contributed by atoms with van der Waals surface area (Å²) in [6.45, 7) is 10.4. The van der Waals surface area contributed by atoms with Gasteiger partial charge in [-0.15, -0.1) is 0 Å². The summed E-state index contributed by atoms with van der Waals surface area (Å²) in [5.41, 5.74) is 1.25. The van der Waals surface area contributed by atoms with Crippen LogP contribution in [0.15, 0.2) is 12.3 Å². The van der Waals surface area contributed by atoms with Gasteiger partial charge in [-0.05, 0) is 18.8 Å². The fourth-order valence-electron chi connectivity index (χ4n) is 1.48. The van der Waals surface area contributed by atoms with Crippen LogP contribution >= 0.6 is 0 Å². The molecule has 0 bridgehead atoms. The summed E-state index contributed by atoms with van der Waals surface area (Å²) in [6, 6.07) is 0.582. The molecule has 2 heteroatoms. The lowest BCUT2D eigenvalue weighted by molar-refractivity contribution is 0.350. The van der Waals surface area contributed by atoms with Gasteiger partial charge in [-0.1, -0.05) is 26.8 Å². The molecule has 0 heterocycles. The van der Waals surface area contributed by atoms with Gasteiger partial charge in [0.15, 0.2) is 0 Å². The first-order valence-corrected chi connectivity index (χ1v) is 5.36. The minimum Gasteiger partial charge on any atom is -0.387 e. The Morgan fingerprint density at radius 2 is 2.08 bits per heavy atom. The zero-order valence-electron chi connectivity index (χ0n) is 8.90. The van der Waals surface area contributed by atoms with Crippen LogP contribution in [-0.4, -0.2) is 19.1 Å². The highest BCUT2D eigenvalue weighted by molar-refractivity contribution is 5.01. The first-order valence-electron chi connectivity index (χ1n) is 5.36. The van der Waals surface area contributed by atoms with E-state index >= 15 is 0 Å². The number of hydrogen-bond acceptors (Lipinski definition) is 2. The topological polar surface area (TPSA) is 24.1 Å². The maximum Gasteiger partial charge on any atom is 0.0269 e. The van der Waals surface area contributed by atoms with Crippen LogP contribution in [0.5, 0.6) is 0 Å². The summed E-state index contributed by atoms with van der Waals surface area (Å²) in [7, 11) is 0. The summed E-state index contributed by atoms with van der Waals surface area (Å²) in [6.07, 6.45) is 4.06. The smallest absolute Gasteiger partial charge is 0.0269 e. The third kappa shape index (κ3) is 3.81. The molecule has 2 N–H and O–H groups in total. The maximum atomic E-state index is 4.05. The first kappa shape index (κ1) is 10.6. The molecule has 1 aliphatic carbocycles. The zero-order chi connectivity index (χ0) is 9.68. The molecule has 1 fully saturated rings. The number of rotatable bonds is 6. The van der Waals surface area contributed by atoms with Gasteiger partial charge in [0.05, 0.1) is 0 Å². The number of allylic oxidation sites excluding steroid dienone is 1. The van der Waals surface area contributed by atoms with E-state index in [4.69, 9.17) is 0 Å². The van der Waals surface area contributed by atoms with Gasteiger partial charge < -0.3 is 10.6 Å². The lowest BCUT2D eigenvalue weighted by atomic mass is 9.83. The molecule has 1 aliphatic rings. The van der Waals surface area contributed by atoms with Crippen molar-refractivity contribution in [3.63, 3.8) is 0 Å². The molecule has 13 heavy (non-hydrogen) atoms. The molecule has 0 saturated heterocycles. The second-order valence-corrected chi connectivity index (χ2v) is 4.19. The third-order valence-electron chi connectivity index (χ3n) is 2.63. The van der Waals surface area contributed by atoms with Crippen molar-refractivity contribution in [1.29, 1.82) is 0 Å². The van der Waals surface area contributed by atoms with E-state index in [1.54, 1.807) is 0 Å². The summed E-state index contributed by atoms with van der Waals surface area (Å²) >= 11 is 0. The van der Waals surface area contributed by atoms with E-state index in [0.717, 1.165) is 19.0 Å². The van der Waals surface area contributed by atoms with E-state index < -0.39 is 0 Å². The Morgan fingerprint density at radius 3 is 2.54 bits per heavy atom. The van der Waals surface area contributed by atoms with Gasteiger partial charge >= 0.3 is 0 Å². The Morgan fingerprint density at radius 1 is 1.38 bits per heavy atom. The molecule has 0 amide bonds. The van der Waals surface area contributed by atoms with Crippen LogP contribution in [0.4, 0.5) is 0 Å². The average molecular weight is 182 g/mol. The van der Waals surface area contributed by atoms with Gasteiger partial charge in [0.1, 0.15) is 0 Å². The van der Waals surface area contributed by atoms with Gasteiger partial charge in [-0.3, -0.25) is 0 Å². The monoisotopic (exact) mass is 182 g/mol. The van der Waals surface area contributed by atoms with Crippen LogP contribution < -0.4 is 10.6 Å². The summed E-state index contributed by atoms with van der Waals surface area (Å²) in [5, 5.41) is 6.76. The molecule has 0 unspecified atom stereocenters. The van der Waals surface area contributed by atoms with Gasteiger partial charge in [0.2, 0.25) is 0 Å². The van der Waals surface area contributed by atoms with Crippen LogP contribution in [0.2, 0.25) is 0 Å². The van der Waals surface area contributed by atoms with E-state index in [-0.39, 0.29) is 0 Å². The highest BCUT2D eigenvalue weighted by atomic mass is 15.0. The first-order chi connectivity index (χ1) is 6.20. The molecule has 0 aromatic carbocycles. The maximum absolute atomic E-state index is 4.05. The van der Waals surface area contributed by atoms with E-state index in [0.29, 0.717) is 6.04 Å². The van der Waals surface area contributed by atoms with Gasteiger partial charge in [0, 0.05) is 24.8 Å². The van der Waals surface area contributed by atoms with E-state index in [2.05, 4.69) is 31.1 Å². The van der Waals surface area contributed by atoms with E-state index in [1.807, 2.05) is 0 Å². The largest absolute Gasteiger partial charge is 0.387 e. The van der Waals surface area contributed by atoms with Crippen molar-refractivity contribution in [2.24, 2.45) is 5.92 Å². The van der Waals surface area contributed by atoms with Crippen molar-refractivity contribution in [3.8, 4) is 0 Å². The van der Waals surface area contributed by atoms with E-state index in [1.165, 1.54) is 25.0 Å². The van der Waals surface area contributed by atoms with Crippen molar-refractivity contribution in [1.82, 2.24) is 10.6 Å². The molecule has 0 spiro atoms. The highest BCUT2D eigenvalue weighted by Crippen LogP contribution is 2.30. The second kappa shape index (κ2) is 5.28. The van der Waals surface area contributed by atoms with Crippen molar-refractivity contribution >= 4 is 0 Å². The lowest BCUT2D eigenvalue weighted by Crippen LogP contribution is -2.33. The SMILES string of the molecule is C=C(NCCNC(C)C)C1CCC1. The molecule has 0 radical (unpaired) electrons. The fourth-order valence-corrected chi connectivity index (χ4v) is 1.48. The molecule has 2 nitrogen and oxygen atoms in total. The minimum absolute atomic E-state index is 0.582. The molecule has 0 atom stereocenters. The molecule has 76 valence electrons. The van der Waals surface area contributed by atoms with Crippen LogP contribution in [0.3, 0.4) is 0 Å². The highest BCUT2D eigenvalue weighted by Gasteiger charge is 2.19. The second-order valence-electron chi connectivity index (χ2n) is 4.19. The normalized spacial score (nSPS) is 17.2. The van der Waals surface area contributed by atoms with Crippen molar-refractivity contribution in [2.45, 2.75) is 39.2 Å². The van der Waals surface area contributed by atoms with Crippen LogP contribution in [0.1, 0.15) is 33.1 Å². The van der Waals surface area contributed by atoms with Gasteiger partial charge in [-0.2, -0.15) is 0 Å². The summed E-state index contributed by atoms with van der Waals surface area (Å²) in [4.78, 5) is 0. The minimum atomic E-state index is 0.582. The van der Waals surface area contributed by atoms with Crippen LogP contribution in [0.25, 0.3) is 0 Å². The quantitative estimate of drug-likeness (QED) is 0.613. The molecule has 1 saturated carbocycles. The summed E-state index contributed by atoms with van der Waals surface area (Å²) < 4.78 is 0. The molecule has 0 aliphatic heterocycles. The molecule has 0 aromatic rings.